The summed E-state index contributed by atoms with van der Waals surface area (Å²) in [5, 5.41) is 4.06. The fourth-order valence-corrected chi connectivity index (χ4v) is 2.53. The molecule has 0 fully saturated rings. The van der Waals surface area contributed by atoms with Gasteiger partial charge in [0.05, 0.1) is 0 Å². The Kier molecular flexibility index (Phi) is 7.36. The van der Waals surface area contributed by atoms with Crippen LogP contribution in [0.5, 0.6) is 0 Å². The van der Waals surface area contributed by atoms with E-state index in [9.17, 15) is 4.39 Å². The van der Waals surface area contributed by atoms with Crippen LogP contribution in [-0.4, -0.2) is 26.3 Å². The molecule has 19 heavy (non-hydrogen) atoms. The van der Waals surface area contributed by atoms with Crippen molar-refractivity contribution in [2.45, 2.75) is 32.7 Å². The third-order valence-electron chi connectivity index (χ3n) is 3.10. The summed E-state index contributed by atoms with van der Waals surface area (Å²) in [6.45, 7) is 5.85. The standard InChI is InChI=1S/C15H23ClFNO/c1-4-18-14(7-11(2)10-19-3)9-12-8-13(17)5-6-15(12)16/h5-6,8,11,14,18H,4,7,9-10H2,1-3H3. The summed E-state index contributed by atoms with van der Waals surface area (Å²) in [5.74, 6) is 0.223. The molecule has 108 valence electrons. The number of nitrogens with one attached hydrogen (secondary N) is 1. The lowest BCUT2D eigenvalue weighted by atomic mass is 9.96. The first kappa shape index (κ1) is 16.4. The number of hydrogen-bond donors (Lipinski definition) is 1. The minimum absolute atomic E-state index is 0.236. The van der Waals surface area contributed by atoms with E-state index in [1.165, 1.54) is 12.1 Å². The Morgan fingerprint density at radius 2 is 2.16 bits per heavy atom. The van der Waals surface area contributed by atoms with Gasteiger partial charge < -0.3 is 10.1 Å². The fourth-order valence-electron chi connectivity index (χ4n) is 2.33. The Bertz CT molecular complexity index is 386. The molecule has 0 aromatic heterocycles. The lowest BCUT2D eigenvalue weighted by Gasteiger charge is -2.22. The smallest absolute Gasteiger partial charge is 0.123 e. The van der Waals surface area contributed by atoms with Gasteiger partial charge in [-0.05, 0) is 49.1 Å². The monoisotopic (exact) mass is 287 g/mol. The molecular weight excluding hydrogens is 265 g/mol. The molecule has 0 saturated heterocycles. The highest BCUT2D eigenvalue weighted by atomic mass is 35.5. The Balaban J connectivity index is 2.69. The van der Waals surface area contributed by atoms with E-state index in [-0.39, 0.29) is 11.9 Å². The van der Waals surface area contributed by atoms with E-state index < -0.39 is 0 Å². The molecule has 2 nitrogen and oxygen atoms in total. The van der Waals surface area contributed by atoms with Crippen LogP contribution in [0, 0.1) is 11.7 Å². The van der Waals surface area contributed by atoms with Crippen molar-refractivity contribution in [3.63, 3.8) is 0 Å². The van der Waals surface area contributed by atoms with Gasteiger partial charge in [-0.25, -0.2) is 4.39 Å². The van der Waals surface area contributed by atoms with Crippen molar-refractivity contribution in [1.82, 2.24) is 5.32 Å². The van der Waals surface area contributed by atoms with E-state index in [0.717, 1.165) is 31.6 Å². The van der Waals surface area contributed by atoms with Crippen LogP contribution in [0.25, 0.3) is 0 Å². The van der Waals surface area contributed by atoms with Gasteiger partial charge in [-0.2, -0.15) is 0 Å². The van der Waals surface area contributed by atoms with Crippen LogP contribution in [0.2, 0.25) is 5.02 Å². The van der Waals surface area contributed by atoms with Crippen LogP contribution in [0.1, 0.15) is 25.8 Å². The molecule has 0 heterocycles. The van der Waals surface area contributed by atoms with Crippen LogP contribution >= 0.6 is 11.6 Å². The largest absolute Gasteiger partial charge is 0.384 e. The molecule has 0 saturated carbocycles. The lowest BCUT2D eigenvalue weighted by Crippen LogP contribution is -2.33. The van der Waals surface area contributed by atoms with Crippen molar-refractivity contribution in [3.05, 3.63) is 34.6 Å². The third-order valence-corrected chi connectivity index (χ3v) is 3.47. The SMILES string of the molecule is CCNC(Cc1cc(F)ccc1Cl)CC(C)COC. The molecule has 4 heteroatoms. The first-order valence-corrected chi connectivity index (χ1v) is 7.10. The molecule has 0 aliphatic heterocycles. The topological polar surface area (TPSA) is 21.3 Å². The predicted molar refractivity (Wildman–Crippen MR) is 78.2 cm³/mol. The van der Waals surface area contributed by atoms with Crippen LogP contribution in [0.15, 0.2) is 18.2 Å². The summed E-state index contributed by atoms with van der Waals surface area (Å²) >= 11 is 6.12. The number of ether oxygens (including phenoxy) is 1. The van der Waals surface area contributed by atoms with E-state index in [1.807, 2.05) is 0 Å². The zero-order chi connectivity index (χ0) is 14.3. The molecule has 1 N–H and O–H groups in total. The van der Waals surface area contributed by atoms with Gasteiger partial charge >= 0.3 is 0 Å². The zero-order valence-electron chi connectivity index (χ0n) is 11.9. The maximum absolute atomic E-state index is 13.3. The summed E-state index contributed by atoms with van der Waals surface area (Å²) in [4.78, 5) is 0. The first-order chi connectivity index (χ1) is 9.06. The van der Waals surface area contributed by atoms with Gasteiger partial charge in [0.1, 0.15) is 5.82 Å². The average Bonchev–Trinajstić information content (AvgIpc) is 2.34. The minimum atomic E-state index is -0.236. The Morgan fingerprint density at radius 1 is 1.42 bits per heavy atom. The van der Waals surface area contributed by atoms with Gasteiger partial charge in [-0.15, -0.1) is 0 Å². The second-order valence-electron chi connectivity index (χ2n) is 4.99. The molecule has 1 aromatic rings. The second kappa shape index (κ2) is 8.51. The van der Waals surface area contributed by atoms with Gasteiger partial charge in [0.2, 0.25) is 0 Å². The highest BCUT2D eigenvalue weighted by Gasteiger charge is 2.15. The van der Waals surface area contributed by atoms with Gasteiger partial charge in [-0.3, -0.25) is 0 Å². The van der Waals surface area contributed by atoms with Crippen LogP contribution in [-0.2, 0) is 11.2 Å². The predicted octanol–water partition coefficient (Wildman–Crippen LogP) is 3.67. The maximum Gasteiger partial charge on any atom is 0.123 e. The summed E-state index contributed by atoms with van der Waals surface area (Å²) in [6, 6.07) is 4.82. The van der Waals surface area contributed by atoms with Gasteiger partial charge in [-0.1, -0.05) is 25.4 Å². The van der Waals surface area contributed by atoms with Crippen molar-refractivity contribution in [2.24, 2.45) is 5.92 Å². The first-order valence-electron chi connectivity index (χ1n) is 6.73. The Labute approximate surface area is 120 Å². The van der Waals surface area contributed by atoms with Crippen LogP contribution in [0.3, 0.4) is 0 Å². The fraction of sp³-hybridized carbons (Fsp3) is 0.600. The molecule has 0 radical (unpaired) electrons. The Hall–Kier alpha value is -0.640. The quantitative estimate of drug-likeness (QED) is 0.788. The summed E-state index contributed by atoms with van der Waals surface area (Å²) in [5.41, 5.74) is 0.859. The van der Waals surface area contributed by atoms with Crippen molar-refractivity contribution in [1.29, 1.82) is 0 Å². The van der Waals surface area contributed by atoms with Crippen molar-refractivity contribution in [3.8, 4) is 0 Å². The van der Waals surface area contributed by atoms with E-state index in [1.54, 1.807) is 13.2 Å². The van der Waals surface area contributed by atoms with Gasteiger partial charge in [0.25, 0.3) is 0 Å². The summed E-state index contributed by atoms with van der Waals surface area (Å²) < 4.78 is 18.4. The van der Waals surface area contributed by atoms with E-state index in [0.29, 0.717) is 10.9 Å². The number of methoxy groups -OCH3 is 1. The maximum atomic E-state index is 13.3. The normalized spacial score (nSPS) is 14.4. The van der Waals surface area contributed by atoms with Crippen molar-refractivity contribution < 1.29 is 9.13 Å². The summed E-state index contributed by atoms with van der Waals surface area (Å²) in [6.07, 6.45) is 1.72. The Morgan fingerprint density at radius 3 is 2.79 bits per heavy atom. The number of benzene rings is 1. The number of rotatable bonds is 8. The van der Waals surface area contributed by atoms with E-state index in [2.05, 4.69) is 19.2 Å². The zero-order valence-corrected chi connectivity index (χ0v) is 12.6. The molecular formula is C15H23ClFNO. The van der Waals surface area contributed by atoms with E-state index >= 15 is 0 Å². The summed E-state index contributed by atoms with van der Waals surface area (Å²) in [7, 11) is 1.71. The number of hydrogen-bond acceptors (Lipinski definition) is 2. The van der Waals surface area contributed by atoms with Crippen LogP contribution in [0.4, 0.5) is 4.39 Å². The number of likely N-dealkylation sites (N-methyl/N-ethyl adjacent to an activating group) is 1. The molecule has 0 spiro atoms. The van der Waals surface area contributed by atoms with Crippen molar-refractivity contribution in [2.75, 3.05) is 20.3 Å². The molecule has 0 aliphatic rings. The highest BCUT2D eigenvalue weighted by Crippen LogP contribution is 2.20. The van der Waals surface area contributed by atoms with E-state index in [4.69, 9.17) is 16.3 Å². The minimum Gasteiger partial charge on any atom is -0.384 e. The molecule has 1 rings (SSSR count). The third kappa shape index (κ3) is 5.89. The molecule has 0 aliphatic carbocycles. The molecule has 0 bridgehead atoms. The van der Waals surface area contributed by atoms with Gasteiger partial charge in [0.15, 0.2) is 0 Å². The number of halogens is 2. The lowest BCUT2D eigenvalue weighted by molar-refractivity contribution is 0.149. The second-order valence-corrected chi connectivity index (χ2v) is 5.40. The van der Waals surface area contributed by atoms with Crippen LogP contribution < -0.4 is 5.32 Å². The highest BCUT2D eigenvalue weighted by molar-refractivity contribution is 6.31. The molecule has 1 aromatic carbocycles. The molecule has 0 amide bonds. The average molecular weight is 288 g/mol. The molecule has 2 atom stereocenters. The molecule has 2 unspecified atom stereocenters. The van der Waals surface area contributed by atoms with Crippen molar-refractivity contribution >= 4 is 11.6 Å². The van der Waals surface area contributed by atoms with Gasteiger partial charge in [0, 0.05) is 24.8 Å².